The first-order valence-corrected chi connectivity index (χ1v) is 8.81. The first-order valence-electron chi connectivity index (χ1n) is 8.81. The van der Waals surface area contributed by atoms with Crippen LogP contribution in [0.15, 0.2) is 23.3 Å². The van der Waals surface area contributed by atoms with Crippen molar-refractivity contribution in [2.45, 2.75) is 44.9 Å². The maximum Gasteiger partial charge on any atom is 0.278 e. The molecule has 0 saturated heterocycles. The fraction of sp³-hybridized carbons (Fsp3) is 0.471. The monoisotopic (exact) mass is 339 g/mol. The van der Waals surface area contributed by atoms with Crippen LogP contribution in [0, 0.1) is 5.92 Å². The number of aromatic amines is 2. The summed E-state index contributed by atoms with van der Waals surface area (Å²) in [6.45, 7) is 0. The molecule has 0 aliphatic heterocycles. The zero-order valence-electron chi connectivity index (χ0n) is 14.0. The second-order valence-corrected chi connectivity index (χ2v) is 6.54. The average Bonchev–Trinajstić information content (AvgIpc) is 3.26. The third-order valence-electron chi connectivity index (χ3n) is 4.71. The van der Waals surface area contributed by atoms with Gasteiger partial charge in [0.1, 0.15) is 5.82 Å². The molecule has 3 aromatic rings. The lowest BCUT2D eigenvalue weighted by atomic mass is 10.0. The largest absolute Gasteiger partial charge is 0.336 e. The lowest BCUT2D eigenvalue weighted by Crippen LogP contribution is -2.12. The first kappa shape index (κ1) is 15.7. The highest BCUT2D eigenvalue weighted by atomic mass is 16.1. The molecule has 0 amide bonds. The average molecular weight is 339 g/mol. The van der Waals surface area contributed by atoms with E-state index >= 15 is 0 Å². The van der Waals surface area contributed by atoms with Crippen LogP contribution in [0.3, 0.4) is 0 Å². The molecule has 1 aliphatic rings. The Labute approximate surface area is 144 Å². The highest BCUT2D eigenvalue weighted by molar-refractivity contribution is 5.71. The van der Waals surface area contributed by atoms with Crippen LogP contribution in [0.25, 0.3) is 11.2 Å². The van der Waals surface area contributed by atoms with E-state index in [4.69, 9.17) is 0 Å². The summed E-state index contributed by atoms with van der Waals surface area (Å²) in [5, 5.41) is 2.88. The van der Waals surface area contributed by atoms with E-state index in [1.807, 2.05) is 0 Å². The number of nitrogens with zero attached hydrogens (tertiary/aromatic N) is 4. The van der Waals surface area contributed by atoms with Crippen molar-refractivity contribution in [2.24, 2.45) is 5.92 Å². The van der Waals surface area contributed by atoms with Crippen LogP contribution in [0.5, 0.6) is 0 Å². The molecule has 8 nitrogen and oxygen atoms in total. The molecule has 3 heterocycles. The van der Waals surface area contributed by atoms with Gasteiger partial charge >= 0.3 is 0 Å². The van der Waals surface area contributed by atoms with Crippen LogP contribution >= 0.6 is 0 Å². The summed E-state index contributed by atoms with van der Waals surface area (Å²) < 4.78 is 0. The summed E-state index contributed by atoms with van der Waals surface area (Å²) in [6, 6.07) is 1.72. The molecule has 3 aromatic heterocycles. The summed E-state index contributed by atoms with van der Waals surface area (Å²) in [4.78, 5) is 35.0. The predicted octanol–water partition coefficient (Wildman–Crippen LogP) is 2.69. The SMILES string of the molecule is O=c1[nH]c(Nc2ncccn2)nc2nc(CCCC3CCCC3)[nH]c12. The Bertz CT molecular complexity index is 896. The molecule has 130 valence electrons. The molecule has 0 bridgehead atoms. The standard InChI is InChI=1S/C17H21N7O/c25-15-13-14(22-17(23-15)24-16-18-9-4-10-19-16)21-12(20-13)8-3-7-11-5-1-2-6-11/h4,9-11H,1-3,5-8H2,(H3,18,19,20,21,22,23,24,25). The first-order chi connectivity index (χ1) is 12.3. The molecule has 0 unspecified atom stereocenters. The maximum absolute atomic E-state index is 12.2. The summed E-state index contributed by atoms with van der Waals surface area (Å²) in [6.07, 6.45) is 11.9. The van der Waals surface area contributed by atoms with Crippen molar-refractivity contribution >= 4 is 23.1 Å². The molecule has 1 saturated carbocycles. The number of nitrogens with one attached hydrogen (secondary N) is 3. The van der Waals surface area contributed by atoms with Crippen molar-refractivity contribution < 1.29 is 0 Å². The van der Waals surface area contributed by atoms with E-state index in [1.165, 1.54) is 32.1 Å². The second-order valence-electron chi connectivity index (χ2n) is 6.54. The highest BCUT2D eigenvalue weighted by Crippen LogP contribution is 2.28. The number of imidazole rings is 1. The molecule has 25 heavy (non-hydrogen) atoms. The number of anilines is 2. The van der Waals surface area contributed by atoms with Gasteiger partial charge in [-0.25, -0.2) is 15.0 Å². The molecule has 0 atom stereocenters. The van der Waals surface area contributed by atoms with E-state index in [0.717, 1.165) is 24.6 Å². The van der Waals surface area contributed by atoms with Gasteiger partial charge in [-0.1, -0.05) is 32.1 Å². The quantitative estimate of drug-likeness (QED) is 0.636. The van der Waals surface area contributed by atoms with Gasteiger partial charge in [-0.3, -0.25) is 15.1 Å². The summed E-state index contributed by atoms with van der Waals surface area (Å²) in [7, 11) is 0. The number of hydrogen-bond donors (Lipinski definition) is 3. The van der Waals surface area contributed by atoms with Gasteiger partial charge in [0, 0.05) is 18.8 Å². The summed E-state index contributed by atoms with van der Waals surface area (Å²) >= 11 is 0. The van der Waals surface area contributed by atoms with Crippen molar-refractivity contribution in [2.75, 3.05) is 5.32 Å². The van der Waals surface area contributed by atoms with E-state index in [-0.39, 0.29) is 11.5 Å². The van der Waals surface area contributed by atoms with E-state index < -0.39 is 0 Å². The van der Waals surface area contributed by atoms with Crippen molar-refractivity contribution in [3.05, 3.63) is 34.6 Å². The number of H-pyrrole nitrogens is 2. The third kappa shape index (κ3) is 3.67. The van der Waals surface area contributed by atoms with Crippen molar-refractivity contribution in [3.63, 3.8) is 0 Å². The Kier molecular flexibility index (Phi) is 4.41. The zero-order valence-corrected chi connectivity index (χ0v) is 14.0. The fourth-order valence-corrected chi connectivity index (χ4v) is 3.46. The van der Waals surface area contributed by atoms with Gasteiger partial charge in [-0.2, -0.15) is 4.98 Å². The zero-order chi connectivity index (χ0) is 17.1. The fourth-order valence-electron chi connectivity index (χ4n) is 3.46. The lowest BCUT2D eigenvalue weighted by molar-refractivity contribution is 0.481. The van der Waals surface area contributed by atoms with Crippen LogP contribution < -0.4 is 10.9 Å². The Morgan fingerprint density at radius 3 is 2.72 bits per heavy atom. The molecule has 1 fully saturated rings. The Hall–Kier alpha value is -2.77. The van der Waals surface area contributed by atoms with Crippen molar-refractivity contribution in [1.29, 1.82) is 0 Å². The van der Waals surface area contributed by atoms with E-state index in [0.29, 0.717) is 17.1 Å². The number of aromatic nitrogens is 6. The smallest absolute Gasteiger partial charge is 0.278 e. The minimum atomic E-state index is -0.252. The summed E-state index contributed by atoms with van der Waals surface area (Å²) in [5.74, 6) is 2.34. The second kappa shape index (κ2) is 7.00. The molecular formula is C17H21N7O. The molecule has 0 aromatic carbocycles. The molecule has 4 rings (SSSR count). The van der Waals surface area contributed by atoms with E-state index in [1.54, 1.807) is 18.5 Å². The van der Waals surface area contributed by atoms with Crippen LogP contribution in [-0.2, 0) is 6.42 Å². The number of rotatable bonds is 6. The van der Waals surface area contributed by atoms with E-state index in [9.17, 15) is 4.79 Å². The minimum absolute atomic E-state index is 0.252. The Balaban J connectivity index is 1.47. The van der Waals surface area contributed by atoms with Gasteiger partial charge < -0.3 is 4.98 Å². The molecular weight excluding hydrogens is 318 g/mol. The number of fused-ring (bicyclic) bond motifs is 1. The lowest BCUT2D eigenvalue weighted by Gasteiger charge is -2.06. The van der Waals surface area contributed by atoms with Crippen LogP contribution in [-0.4, -0.2) is 29.9 Å². The molecule has 0 radical (unpaired) electrons. The molecule has 3 N–H and O–H groups in total. The van der Waals surface area contributed by atoms with Crippen LogP contribution in [0.4, 0.5) is 11.9 Å². The molecule has 1 aliphatic carbocycles. The Morgan fingerprint density at radius 1 is 1.12 bits per heavy atom. The maximum atomic E-state index is 12.2. The topological polar surface area (TPSA) is 112 Å². The van der Waals surface area contributed by atoms with Crippen LogP contribution in [0.1, 0.15) is 44.3 Å². The van der Waals surface area contributed by atoms with Gasteiger partial charge in [0.15, 0.2) is 11.2 Å². The predicted molar refractivity (Wildman–Crippen MR) is 94.7 cm³/mol. The summed E-state index contributed by atoms with van der Waals surface area (Å²) in [5.41, 5.74) is 0.575. The van der Waals surface area contributed by atoms with Crippen molar-refractivity contribution in [1.82, 2.24) is 29.9 Å². The number of hydrogen-bond acceptors (Lipinski definition) is 6. The van der Waals surface area contributed by atoms with Gasteiger partial charge in [0.25, 0.3) is 5.56 Å². The molecule has 8 heteroatoms. The van der Waals surface area contributed by atoms with Crippen LogP contribution in [0.2, 0.25) is 0 Å². The minimum Gasteiger partial charge on any atom is -0.336 e. The third-order valence-corrected chi connectivity index (χ3v) is 4.71. The van der Waals surface area contributed by atoms with Crippen molar-refractivity contribution in [3.8, 4) is 0 Å². The number of aryl methyl sites for hydroxylation is 1. The normalized spacial score (nSPS) is 15.0. The van der Waals surface area contributed by atoms with Gasteiger partial charge in [-0.05, 0) is 18.4 Å². The molecule has 0 spiro atoms. The Morgan fingerprint density at radius 2 is 1.92 bits per heavy atom. The van der Waals surface area contributed by atoms with Gasteiger partial charge in [0.05, 0.1) is 0 Å². The van der Waals surface area contributed by atoms with Gasteiger partial charge in [-0.15, -0.1) is 0 Å². The highest BCUT2D eigenvalue weighted by Gasteiger charge is 2.15. The van der Waals surface area contributed by atoms with E-state index in [2.05, 4.69) is 35.2 Å². The van der Waals surface area contributed by atoms with Gasteiger partial charge in [0.2, 0.25) is 11.9 Å².